The van der Waals surface area contributed by atoms with Gasteiger partial charge in [-0.05, 0) is 18.2 Å². The van der Waals surface area contributed by atoms with E-state index in [1.807, 2.05) is 0 Å². The first-order chi connectivity index (χ1) is 16.3. The molecule has 4 aromatic heterocycles. The number of alkyl halides is 3. The van der Waals surface area contributed by atoms with Crippen molar-refractivity contribution in [1.82, 2.24) is 34.5 Å². The number of ether oxygens (including phenoxy) is 1. The minimum absolute atomic E-state index is 0.146. The Labute approximate surface area is 196 Å². The molecule has 4 heterocycles. The van der Waals surface area contributed by atoms with Crippen LogP contribution < -0.4 is 15.8 Å². The first-order valence-corrected chi connectivity index (χ1v) is 10.3. The van der Waals surface area contributed by atoms with Gasteiger partial charge < -0.3 is 15.8 Å². The molecule has 34 heavy (non-hydrogen) atoms. The summed E-state index contributed by atoms with van der Waals surface area (Å²) >= 11 is 5.96. The molecule has 0 aliphatic carbocycles. The SMILES string of the molecule is Cn1ncc(-c2nccc(N)n2)c1OC[C@@H](F)CNc1cc(Cl)ncc1-c1ccn(C(F)F)n1. The molecule has 0 aliphatic heterocycles. The molecule has 0 saturated heterocycles. The Morgan fingerprint density at radius 3 is 2.74 bits per heavy atom. The normalized spacial score (nSPS) is 12.2. The van der Waals surface area contributed by atoms with Crippen molar-refractivity contribution in [1.29, 1.82) is 0 Å². The van der Waals surface area contributed by atoms with E-state index >= 15 is 0 Å². The smallest absolute Gasteiger partial charge is 0.333 e. The highest BCUT2D eigenvalue weighted by Crippen LogP contribution is 2.30. The van der Waals surface area contributed by atoms with Crippen molar-refractivity contribution in [3.8, 4) is 28.5 Å². The van der Waals surface area contributed by atoms with Crippen LogP contribution in [0.25, 0.3) is 22.6 Å². The second kappa shape index (κ2) is 9.95. The van der Waals surface area contributed by atoms with Crippen LogP contribution in [-0.2, 0) is 7.05 Å². The third-order valence-corrected chi connectivity index (χ3v) is 4.88. The average Bonchev–Trinajstić information content (AvgIpc) is 3.43. The van der Waals surface area contributed by atoms with Gasteiger partial charge in [-0.2, -0.15) is 19.0 Å². The zero-order valence-corrected chi connectivity index (χ0v) is 18.5. The van der Waals surface area contributed by atoms with E-state index in [4.69, 9.17) is 22.1 Å². The number of hydrogen-bond acceptors (Lipinski definition) is 8. The molecule has 4 rings (SSSR count). The van der Waals surface area contributed by atoms with Crippen molar-refractivity contribution in [2.75, 3.05) is 24.2 Å². The lowest BCUT2D eigenvalue weighted by atomic mass is 10.1. The number of anilines is 2. The van der Waals surface area contributed by atoms with E-state index in [-0.39, 0.29) is 35.7 Å². The molecule has 0 saturated carbocycles. The quantitative estimate of drug-likeness (QED) is 0.339. The number of nitrogens with two attached hydrogens (primary N) is 1. The van der Waals surface area contributed by atoms with Gasteiger partial charge in [-0.3, -0.25) is 0 Å². The van der Waals surface area contributed by atoms with Crippen LogP contribution in [0.2, 0.25) is 5.15 Å². The zero-order valence-electron chi connectivity index (χ0n) is 17.7. The van der Waals surface area contributed by atoms with Gasteiger partial charge >= 0.3 is 6.55 Å². The summed E-state index contributed by atoms with van der Waals surface area (Å²) in [6.45, 7) is -3.26. The Morgan fingerprint density at radius 1 is 1.18 bits per heavy atom. The molecular weight excluding hydrogens is 475 g/mol. The number of nitrogens with one attached hydrogen (secondary N) is 1. The Hall–Kier alpha value is -3.87. The van der Waals surface area contributed by atoms with E-state index in [0.717, 1.165) is 6.20 Å². The van der Waals surface area contributed by atoms with Gasteiger partial charge in [-0.1, -0.05) is 11.6 Å². The van der Waals surface area contributed by atoms with Gasteiger partial charge in [0.25, 0.3) is 0 Å². The Bertz CT molecular complexity index is 1280. The van der Waals surface area contributed by atoms with Gasteiger partial charge in [0.05, 0.1) is 11.9 Å². The lowest BCUT2D eigenvalue weighted by Gasteiger charge is -2.15. The molecule has 0 amide bonds. The summed E-state index contributed by atoms with van der Waals surface area (Å²) in [6.07, 6.45) is 4.06. The summed E-state index contributed by atoms with van der Waals surface area (Å²) in [7, 11) is 1.64. The maximum absolute atomic E-state index is 14.7. The predicted molar refractivity (Wildman–Crippen MR) is 119 cm³/mol. The summed E-state index contributed by atoms with van der Waals surface area (Å²) in [5.41, 5.74) is 7.19. The highest BCUT2D eigenvalue weighted by molar-refractivity contribution is 6.29. The van der Waals surface area contributed by atoms with Crippen LogP contribution in [0.15, 0.2) is 43.0 Å². The molecule has 0 aromatic carbocycles. The standard InChI is InChI=1S/C20H19ClF3N9O/c1-32-19(13(9-29-32)18-26-4-2-17(25)30-18)34-10-11(22)7-27-15-6-16(21)28-8-12(15)14-3-5-33(31-14)20(23)24/h2-6,8-9,11,20H,7,10H2,1H3,(H,27,28)(H2,25,26,30)/t11-/m0/s1. The van der Waals surface area contributed by atoms with Crippen LogP contribution in [0.4, 0.5) is 24.7 Å². The number of hydrogen-bond donors (Lipinski definition) is 2. The molecule has 0 fully saturated rings. The first kappa shape index (κ1) is 23.3. The molecule has 3 N–H and O–H groups in total. The van der Waals surface area contributed by atoms with Crippen molar-refractivity contribution in [2.45, 2.75) is 12.7 Å². The zero-order chi connectivity index (χ0) is 24.2. The number of aryl methyl sites for hydroxylation is 1. The number of nitrogen functional groups attached to an aromatic ring is 1. The number of pyridine rings is 1. The summed E-state index contributed by atoms with van der Waals surface area (Å²) in [5, 5.41) is 11.0. The molecular formula is C20H19ClF3N9O. The van der Waals surface area contributed by atoms with Gasteiger partial charge in [-0.15, -0.1) is 0 Å². The van der Waals surface area contributed by atoms with Crippen molar-refractivity contribution < 1.29 is 17.9 Å². The summed E-state index contributed by atoms with van der Waals surface area (Å²) in [5.74, 6) is 0.854. The first-order valence-electron chi connectivity index (χ1n) is 9.92. The molecule has 0 spiro atoms. The maximum Gasteiger partial charge on any atom is 0.333 e. The molecule has 0 unspecified atom stereocenters. The fourth-order valence-corrected chi connectivity index (χ4v) is 3.23. The number of aromatic nitrogens is 7. The van der Waals surface area contributed by atoms with Crippen LogP contribution in [-0.4, -0.2) is 53.8 Å². The lowest BCUT2D eigenvalue weighted by molar-refractivity contribution is 0.0568. The van der Waals surface area contributed by atoms with E-state index in [2.05, 4.69) is 30.5 Å². The molecule has 178 valence electrons. The predicted octanol–water partition coefficient (Wildman–Crippen LogP) is 3.60. The van der Waals surface area contributed by atoms with Crippen LogP contribution in [0, 0.1) is 0 Å². The summed E-state index contributed by atoms with van der Waals surface area (Å²) in [6, 6.07) is 4.41. The van der Waals surface area contributed by atoms with Gasteiger partial charge in [0, 0.05) is 43.4 Å². The second-order valence-electron chi connectivity index (χ2n) is 7.09. The second-order valence-corrected chi connectivity index (χ2v) is 7.48. The third-order valence-electron chi connectivity index (χ3n) is 4.67. The van der Waals surface area contributed by atoms with E-state index in [1.54, 1.807) is 13.1 Å². The number of nitrogens with zero attached hydrogens (tertiary/aromatic N) is 7. The van der Waals surface area contributed by atoms with Crippen molar-refractivity contribution in [3.05, 3.63) is 48.1 Å². The minimum atomic E-state index is -2.78. The third kappa shape index (κ3) is 5.20. The van der Waals surface area contributed by atoms with Gasteiger partial charge in [-0.25, -0.2) is 28.7 Å². The van der Waals surface area contributed by atoms with Crippen molar-refractivity contribution in [2.24, 2.45) is 7.05 Å². The van der Waals surface area contributed by atoms with Crippen molar-refractivity contribution >= 4 is 23.1 Å². The van der Waals surface area contributed by atoms with E-state index in [9.17, 15) is 13.2 Å². The van der Waals surface area contributed by atoms with Gasteiger partial charge in [0.2, 0.25) is 5.88 Å². The van der Waals surface area contributed by atoms with E-state index < -0.39 is 12.7 Å². The van der Waals surface area contributed by atoms with Gasteiger partial charge in [0.15, 0.2) is 12.0 Å². The maximum atomic E-state index is 14.7. The van der Waals surface area contributed by atoms with Crippen LogP contribution in [0.1, 0.15) is 6.55 Å². The monoisotopic (exact) mass is 493 g/mol. The molecule has 10 nitrogen and oxygen atoms in total. The molecule has 0 aliphatic rings. The number of halogens is 4. The Morgan fingerprint density at radius 2 is 2.00 bits per heavy atom. The largest absolute Gasteiger partial charge is 0.474 e. The van der Waals surface area contributed by atoms with E-state index in [0.29, 0.717) is 27.3 Å². The van der Waals surface area contributed by atoms with E-state index in [1.165, 1.54) is 35.4 Å². The molecule has 0 bridgehead atoms. The lowest BCUT2D eigenvalue weighted by Crippen LogP contribution is -2.23. The topological polar surface area (TPSA) is 122 Å². The molecule has 0 radical (unpaired) electrons. The average molecular weight is 494 g/mol. The van der Waals surface area contributed by atoms with Crippen LogP contribution in [0.3, 0.4) is 0 Å². The summed E-state index contributed by atoms with van der Waals surface area (Å²) in [4.78, 5) is 12.2. The highest BCUT2D eigenvalue weighted by atomic mass is 35.5. The minimum Gasteiger partial charge on any atom is -0.474 e. The highest BCUT2D eigenvalue weighted by Gasteiger charge is 2.18. The molecule has 1 atom stereocenters. The molecule has 14 heteroatoms. The Balaban J connectivity index is 1.43. The number of rotatable bonds is 9. The molecule has 4 aromatic rings. The summed E-state index contributed by atoms with van der Waals surface area (Å²) < 4.78 is 48.0. The fourth-order valence-electron chi connectivity index (χ4n) is 3.07. The fraction of sp³-hybridized carbons (Fsp3) is 0.250. The van der Waals surface area contributed by atoms with Crippen molar-refractivity contribution in [3.63, 3.8) is 0 Å². The van der Waals surface area contributed by atoms with Crippen LogP contribution >= 0.6 is 11.6 Å². The van der Waals surface area contributed by atoms with Crippen LogP contribution in [0.5, 0.6) is 5.88 Å². The Kier molecular flexibility index (Phi) is 6.82. The van der Waals surface area contributed by atoms with Gasteiger partial charge in [0.1, 0.15) is 23.1 Å².